The lowest BCUT2D eigenvalue weighted by Crippen LogP contribution is -2.31. The van der Waals surface area contributed by atoms with Crippen LogP contribution in [-0.2, 0) is 20.9 Å². The van der Waals surface area contributed by atoms with Crippen LogP contribution in [0.15, 0.2) is 30.3 Å². The number of rotatable bonds is 3. The van der Waals surface area contributed by atoms with Crippen LogP contribution in [0.4, 0.5) is 0 Å². The number of hydrogen-bond donors (Lipinski definition) is 1. The molecule has 1 fully saturated rings. The number of aliphatic hydroxyl groups is 1. The van der Waals surface area contributed by atoms with Crippen molar-refractivity contribution in [2.75, 3.05) is 6.61 Å². The Hall–Kier alpha value is -1.39. The molecule has 1 N–H and O–H groups in total. The zero-order chi connectivity index (χ0) is 11.4. The van der Waals surface area contributed by atoms with Gasteiger partial charge < -0.3 is 14.6 Å². The predicted octanol–water partition coefficient (Wildman–Crippen LogP) is 0.880. The fourth-order valence-electron chi connectivity index (χ4n) is 1.61. The molecule has 1 saturated heterocycles. The molecule has 0 unspecified atom stereocenters. The first-order valence-electron chi connectivity index (χ1n) is 5.27. The summed E-state index contributed by atoms with van der Waals surface area (Å²) in [5.74, 6) is -0.492. The third kappa shape index (κ3) is 2.59. The highest BCUT2D eigenvalue weighted by Crippen LogP contribution is 2.15. The van der Waals surface area contributed by atoms with Crippen LogP contribution < -0.4 is 0 Å². The Morgan fingerprint density at radius 3 is 2.81 bits per heavy atom. The Labute approximate surface area is 93.8 Å². The second kappa shape index (κ2) is 5.09. The van der Waals surface area contributed by atoms with Crippen LogP contribution in [0.5, 0.6) is 0 Å². The SMILES string of the molecule is O=C(OCc1ccccc1)[C@H]1OCC[C@@H]1O. The van der Waals surface area contributed by atoms with E-state index in [0.29, 0.717) is 13.0 Å². The average Bonchev–Trinajstić information content (AvgIpc) is 2.74. The lowest BCUT2D eigenvalue weighted by Gasteiger charge is -2.12. The van der Waals surface area contributed by atoms with Crippen LogP contribution in [0.2, 0.25) is 0 Å². The first-order chi connectivity index (χ1) is 7.77. The lowest BCUT2D eigenvalue weighted by atomic mass is 10.2. The predicted molar refractivity (Wildman–Crippen MR) is 56.6 cm³/mol. The molecule has 0 saturated carbocycles. The van der Waals surface area contributed by atoms with Gasteiger partial charge in [-0.2, -0.15) is 0 Å². The zero-order valence-corrected chi connectivity index (χ0v) is 8.83. The van der Waals surface area contributed by atoms with Crippen molar-refractivity contribution in [3.63, 3.8) is 0 Å². The van der Waals surface area contributed by atoms with Gasteiger partial charge in [-0.05, 0) is 12.0 Å². The van der Waals surface area contributed by atoms with E-state index in [1.54, 1.807) is 0 Å². The molecule has 1 aromatic rings. The van der Waals surface area contributed by atoms with Gasteiger partial charge in [0.05, 0.1) is 12.7 Å². The number of aliphatic hydroxyl groups excluding tert-OH is 1. The molecule has 0 radical (unpaired) electrons. The van der Waals surface area contributed by atoms with E-state index in [1.165, 1.54) is 0 Å². The van der Waals surface area contributed by atoms with Crippen molar-refractivity contribution >= 4 is 5.97 Å². The monoisotopic (exact) mass is 222 g/mol. The highest BCUT2D eigenvalue weighted by atomic mass is 16.6. The zero-order valence-electron chi connectivity index (χ0n) is 8.83. The summed E-state index contributed by atoms with van der Waals surface area (Å²) < 4.78 is 10.1. The van der Waals surface area contributed by atoms with E-state index in [4.69, 9.17) is 9.47 Å². The van der Waals surface area contributed by atoms with E-state index in [0.717, 1.165) is 5.56 Å². The van der Waals surface area contributed by atoms with Gasteiger partial charge in [-0.15, -0.1) is 0 Å². The molecule has 86 valence electrons. The van der Waals surface area contributed by atoms with Crippen LogP contribution in [0.25, 0.3) is 0 Å². The van der Waals surface area contributed by atoms with E-state index in [2.05, 4.69) is 0 Å². The lowest BCUT2D eigenvalue weighted by molar-refractivity contribution is -0.159. The maximum atomic E-state index is 11.5. The Balaban J connectivity index is 1.84. The van der Waals surface area contributed by atoms with Gasteiger partial charge in [0.25, 0.3) is 0 Å². The van der Waals surface area contributed by atoms with Crippen LogP contribution in [0, 0.1) is 0 Å². The first-order valence-corrected chi connectivity index (χ1v) is 5.27. The van der Waals surface area contributed by atoms with E-state index in [9.17, 15) is 9.90 Å². The number of carbonyl (C=O) groups is 1. The van der Waals surface area contributed by atoms with Gasteiger partial charge in [-0.1, -0.05) is 30.3 Å². The van der Waals surface area contributed by atoms with Crippen molar-refractivity contribution in [2.45, 2.75) is 25.2 Å². The fourth-order valence-corrected chi connectivity index (χ4v) is 1.61. The highest BCUT2D eigenvalue weighted by molar-refractivity contribution is 5.75. The molecule has 0 aliphatic carbocycles. The van der Waals surface area contributed by atoms with Gasteiger partial charge in [0.1, 0.15) is 6.61 Å². The molecular weight excluding hydrogens is 208 g/mol. The van der Waals surface area contributed by atoms with Crippen LogP contribution in [0.3, 0.4) is 0 Å². The van der Waals surface area contributed by atoms with Gasteiger partial charge in [-0.25, -0.2) is 4.79 Å². The molecule has 1 aliphatic rings. The summed E-state index contributed by atoms with van der Waals surface area (Å²) in [5.41, 5.74) is 0.920. The molecule has 2 atom stereocenters. The maximum absolute atomic E-state index is 11.5. The Morgan fingerprint density at radius 1 is 1.44 bits per heavy atom. The van der Waals surface area contributed by atoms with Crippen LogP contribution in [0.1, 0.15) is 12.0 Å². The summed E-state index contributed by atoms with van der Waals surface area (Å²) in [4.78, 5) is 11.5. The quantitative estimate of drug-likeness (QED) is 0.771. The van der Waals surface area contributed by atoms with E-state index in [1.807, 2.05) is 30.3 Å². The smallest absolute Gasteiger partial charge is 0.338 e. The summed E-state index contributed by atoms with van der Waals surface area (Å²) in [6.07, 6.45) is -1.06. The summed E-state index contributed by atoms with van der Waals surface area (Å²) in [7, 11) is 0. The van der Waals surface area contributed by atoms with Gasteiger partial charge >= 0.3 is 5.97 Å². The van der Waals surface area contributed by atoms with Crippen LogP contribution >= 0.6 is 0 Å². The first kappa shape index (κ1) is 11.1. The van der Waals surface area contributed by atoms with E-state index >= 15 is 0 Å². The summed E-state index contributed by atoms with van der Waals surface area (Å²) in [6, 6.07) is 9.40. The van der Waals surface area contributed by atoms with Gasteiger partial charge in [0, 0.05) is 0 Å². The maximum Gasteiger partial charge on any atom is 0.338 e. The normalized spacial score (nSPS) is 24.3. The van der Waals surface area contributed by atoms with Gasteiger partial charge in [0.15, 0.2) is 6.10 Å². The molecule has 0 spiro atoms. The Morgan fingerprint density at radius 2 is 2.19 bits per heavy atom. The molecule has 0 bridgehead atoms. The minimum absolute atomic E-state index is 0.215. The number of ether oxygens (including phenoxy) is 2. The number of benzene rings is 1. The molecule has 1 heterocycles. The minimum Gasteiger partial charge on any atom is -0.459 e. The summed E-state index contributed by atoms with van der Waals surface area (Å²) in [6.45, 7) is 0.624. The largest absolute Gasteiger partial charge is 0.459 e. The topological polar surface area (TPSA) is 55.8 Å². The van der Waals surface area contributed by atoms with Crippen molar-refractivity contribution in [2.24, 2.45) is 0 Å². The molecule has 4 nitrogen and oxygen atoms in total. The third-order valence-electron chi connectivity index (χ3n) is 2.52. The highest BCUT2D eigenvalue weighted by Gasteiger charge is 2.33. The van der Waals surface area contributed by atoms with E-state index in [-0.39, 0.29) is 6.61 Å². The summed E-state index contributed by atoms with van der Waals surface area (Å²) in [5, 5.41) is 9.43. The second-order valence-corrected chi connectivity index (χ2v) is 3.74. The fraction of sp³-hybridized carbons (Fsp3) is 0.417. The van der Waals surface area contributed by atoms with Crippen molar-refractivity contribution < 1.29 is 19.4 Å². The van der Waals surface area contributed by atoms with Crippen molar-refractivity contribution in [1.29, 1.82) is 0 Å². The molecule has 0 amide bonds. The third-order valence-corrected chi connectivity index (χ3v) is 2.52. The standard InChI is InChI=1S/C12H14O4/c13-10-6-7-15-11(10)12(14)16-8-9-4-2-1-3-5-9/h1-5,10-11,13H,6-8H2/t10-,11-/m0/s1. The van der Waals surface area contributed by atoms with Gasteiger partial charge in [-0.3, -0.25) is 0 Å². The summed E-state index contributed by atoms with van der Waals surface area (Å²) >= 11 is 0. The Kier molecular flexibility index (Phi) is 3.54. The molecule has 2 rings (SSSR count). The van der Waals surface area contributed by atoms with Crippen molar-refractivity contribution in [1.82, 2.24) is 0 Å². The van der Waals surface area contributed by atoms with Crippen molar-refractivity contribution in [3.8, 4) is 0 Å². The number of esters is 1. The Bertz CT molecular complexity index is 349. The van der Waals surface area contributed by atoms with E-state index < -0.39 is 18.2 Å². The average molecular weight is 222 g/mol. The molecule has 16 heavy (non-hydrogen) atoms. The number of carbonyl (C=O) groups excluding carboxylic acids is 1. The second-order valence-electron chi connectivity index (χ2n) is 3.74. The molecule has 1 aliphatic heterocycles. The number of hydrogen-bond acceptors (Lipinski definition) is 4. The van der Waals surface area contributed by atoms with Crippen molar-refractivity contribution in [3.05, 3.63) is 35.9 Å². The molecular formula is C12H14O4. The molecule has 0 aromatic heterocycles. The minimum atomic E-state index is -0.816. The van der Waals surface area contributed by atoms with Gasteiger partial charge in [0.2, 0.25) is 0 Å². The van der Waals surface area contributed by atoms with Crippen LogP contribution in [-0.4, -0.2) is 29.9 Å². The molecule has 1 aromatic carbocycles. The molecule has 4 heteroatoms.